The lowest BCUT2D eigenvalue weighted by atomic mass is 9.92. The first-order chi connectivity index (χ1) is 10.4. The molecule has 5 heteroatoms. The molecule has 2 aromatic rings. The molecule has 0 unspecified atom stereocenters. The number of hydrogen-bond donors (Lipinski definition) is 1. The third kappa shape index (κ3) is 2.63. The number of nitrogens with zero attached hydrogens (tertiary/aromatic N) is 2. The summed E-state index contributed by atoms with van der Waals surface area (Å²) in [6.45, 7) is 7.05. The van der Waals surface area contributed by atoms with Crippen LogP contribution in [0.2, 0.25) is 0 Å². The van der Waals surface area contributed by atoms with E-state index in [0.29, 0.717) is 13.1 Å². The Morgan fingerprint density at radius 1 is 1.27 bits per heavy atom. The molecule has 0 radical (unpaired) electrons. The van der Waals surface area contributed by atoms with Gasteiger partial charge in [-0.3, -0.25) is 9.89 Å². The second kappa shape index (κ2) is 5.23. The van der Waals surface area contributed by atoms with Gasteiger partial charge in [-0.2, -0.15) is 5.10 Å². The molecule has 1 aliphatic rings. The summed E-state index contributed by atoms with van der Waals surface area (Å²) in [4.78, 5) is 14.4. The van der Waals surface area contributed by atoms with Crippen molar-refractivity contribution in [2.24, 2.45) is 5.41 Å². The summed E-state index contributed by atoms with van der Waals surface area (Å²) in [5.74, 6) is -0.123. The highest BCUT2D eigenvalue weighted by Gasteiger charge is 2.31. The van der Waals surface area contributed by atoms with Crippen molar-refractivity contribution >= 4 is 5.91 Å². The fourth-order valence-corrected chi connectivity index (χ4v) is 2.79. The van der Waals surface area contributed by atoms with E-state index in [1.807, 2.05) is 25.7 Å². The normalized spacial score (nSPS) is 14.8. The van der Waals surface area contributed by atoms with Crippen LogP contribution in [0, 0.1) is 11.2 Å². The Kier molecular flexibility index (Phi) is 3.51. The molecular formula is C17H20FN3O. The number of hydrogen-bond acceptors (Lipinski definition) is 2. The van der Waals surface area contributed by atoms with E-state index in [-0.39, 0.29) is 11.7 Å². The van der Waals surface area contributed by atoms with Crippen LogP contribution in [0.3, 0.4) is 0 Å². The second-order valence-corrected chi connectivity index (χ2v) is 6.76. The van der Waals surface area contributed by atoms with Gasteiger partial charge in [0, 0.05) is 41.7 Å². The van der Waals surface area contributed by atoms with Gasteiger partial charge in [0.15, 0.2) is 0 Å². The highest BCUT2D eigenvalue weighted by molar-refractivity contribution is 5.82. The van der Waals surface area contributed by atoms with Crippen molar-refractivity contribution < 1.29 is 9.18 Å². The van der Waals surface area contributed by atoms with E-state index in [1.165, 1.54) is 12.1 Å². The number of halogens is 1. The van der Waals surface area contributed by atoms with Crippen molar-refractivity contribution in [1.82, 2.24) is 15.1 Å². The minimum atomic E-state index is -0.392. The lowest BCUT2D eigenvalue weighted by molar-refractivity contribution is -0.140. The topological polar surface area (TPSA) is 49.0 Å². The maximum atomic E-state index is 13.1. The number of fused-ring (bicyclic) bond motifs is 1. The third-order valence-electron chi connectivity index (χ3n) is 3.98. The molecular weight excluding hydrogens is 281 g/mol. The smallest absolute Gasteiger partial charge is 0.228 e. The van der Waals surface area contributed by atoms with E-state index >= 15 is 0 Å². The van der Waals surface area contributed by atoms with Gasteiger partial charge in [-0.1, -0.05) is 20.8 Å². The molecule has 2 heterocycles. The van der Waals surface area contributed by atoms with E-state index in [0.717, 1.165) is 28.9 Å². The predicted octanol–water partition coefficient (Wildman–Crippen LogP) is 3.15. The van der Waals surface area contributed by atoms with Crippen LogP contribution in [-0.2, 0) is 17.8 Å². The largest absolute Gasteiger partial charge is 0.337 e. The zero-order chi connectivity index (χ0) is 15.9. The van der Waals surface area contributed by atoms with Crippen LogP contribution in [-0.4, -0.2) is 27.5 Å². The lowest BCUT2D eigenvalue weighted by Crippen LogP contribution is -2.42. The molecule has 1 N–H and O–H groups in total. The Morgan fingerprint density at radius 3 is 2.59 bits per heavy atom. The molecule has 1 aliphatic heterocycles. The molecule has 4 nitrogen and oxygen atoms in total. The highest BCUT2D eigenvalue weighted by Crippen LogP contribution is 2.30. The van der Waals surface area contributed by atoms with Crippen LogP contribution in [0.15, 0.2) is 24.3 Å². The fourth-order valence-electron chi connectivity index (χ4n) is 2.79. The molecule has 0 bridgehead atoms. The van der Waals surface area contributed by atoms with Gasteiger partial charge >= 0.3 is 0 Å². The van der Waals surface area contributed by atoms with Crippen LogP contribution in [0.25, 0.3) is 11.3 Å². The molecule has 22 heavy (non-hydrogen) atoms. The first-order valence-corrected chi connectivity index (χ1v) is 7.47. The average Bonchev–Trinajstić information content (AvgIpc) is 2.89. The Morgan fingerprint density at radius 2 is 1.95 bits per heavy atom. The number of amides is 1. The summed E-state index contributed by atoms with van der Waals surface area (Å²) in [5, 5.41) is 7.42. The van der Waals surface area contributed by atoms with Crippen molar-refractivity contribution in [2.75, 3.05) is 6.54 Å². The van der Waals surface area contributed by atoms with Gasteiger partial charge in [0.25, 0.3) is 0 Å². The predicted molar refractivity (Wildman–Crippen MR) is 82.6 cm³/mol. The minimum Gasteiger partial charge on any atom is -0.337 e. The molecule has 1 aromatic heterocycles. The number of carbonyl (C=O) groups is 1. The van der Waals surface area contributed by atoms with Gasteiger partial charge in [-0.25, -0.2) is 4.39 Å². The first kappa shape index (κ1) is 14.8. The van der Waals surface area contributed by atoms with Crippen molar-refractivity contribution in [2.45, 2.75) is 33.7 Å². The van der Waals surface area contributed by atoms with Crippen LogP contribution in [0.4, 0.5) is 4.39 Å². The first-order valence-electron chi connectivity index (χ1n) is 7.47. The Bertz CT molecular complexity index is 698. The molecule has 1 amide bonds. The number of aromatic nitrogens is 2. The monoisotopic (exact) mass is 301 g/mol. The van der Waals surface area contributed by atoms with Crippen molar-refractivity contribution in [3.05, 3.63) is 41.3 Å². The molecule has 0 spiro atoms. The molecule has 0 fully saturated rings. The lowest BCUT2D eigenvalue weighted by Gasteiger charge is -2.32. The van der Waals surface area contributed by atoms with Gasteiger partial charge in [0.2, 0.25) is 5.91 Å². The van der Waals surface area contributed by atoms with Gasteiger partial charge in [0.05, 0.1) is 5.69 Å². The number of benzene rings is 1. The number of carbonyl (C=O) groups excluding carboxylic acids is 1. The van der Waals surface area contributed by atoms with Crippen molar-refractivity contribution in [1.29, 1.82) is 0 Å². The Balaban J connectivity index is 1.92. The Labute approximate surface area is 129 Å². The minimum absolute atomic E-state index is 0.143. The van der Waals surface area contributed by atoms with Crippen LogP contribution < -0.4 is 0 Å². The van der Waals surface area contributed by atoms with Gasteiger partial charge in [-0.15, -0.1) is 0 Å². The highest BCUT2D eigenvalue weighted by atomic mass is 19.1. The molecule has 0 atom stereocenters. The summed E-state index contributed by atoms with van der Waals surface area (Å²) < 4.78 is 13.1. The van der Waals surface area contributed by atoms with E-state index in [1.54, 1.807) is 12.1 Å². The fraction of sp³-hybridized carbons (Fsp3) is 0.412. The molecule has 3 rings (SSSR count). The second-order valence-electron chi connectivity index (χ2n) is 6.76. The van der Waals surface area contributed by atoms with Crippen molar-refractivity contribution in [3.63, 3.8) is 0 Å². The number of aromatic amines is 1. The molecule has 1 aromatic carbocycles. The quantitative estimate of drug-likeness (QED) is 0.879. The SMILES string of the molecule is CC(C)(C)C(=O)N1CCc2[nH]nc(-c3ccc(F)cc3)c2C1. The van der Waals surface area contributed by atoms with Crippen LogP contribution in [0.5, 0.6) is 0 Å². The molecule has 0 aliphatic carbocycles. The number of nitrogens with one attached hydrogen (secondary N) is 1. The van der Waals surface area contributed by atoms with E-state index in [4.69, 9.17) is 0 Å². The maximum Gasteiger partial charge on any atom is 0.228 e. The van der Waals surface area contributed by atoms with Gasteiger partial charge in [0.1, 0.15) is 5.82 Å². The zero-order valence-corrected chi connectivity index (χ0v) is 13.1. The summed E-state index contributed by atoms with van der Waals surface area (Å²) in [7, 11) is 0. The van der Waals surface area contributed by atoms with E-state index in [9.17, 15) is 9.18 Å². The maximum absolute atomic E-state index is 13.1. The van der Waals surface area contributed by atoms with E-state index in [2.05, 4.69) is 10.2 Å². The van der Waals surface area contributed by atoms with Gasteiger partial charge in [-0.05, 0) is 24.3 Å². The van der Waals surface area contributed by atoms with E-state index < -0.39 is 5.41 Å². The number of H-pyrrole nitrogens is 1. The van der Waals surface area contributed by atoms with Crippen LogP contribution >= 0.6 is 0 Å². The summed E-state index contributed by atoms with van der Waals surface area (Å²) in [6, 6.07) is 6.29. The average molecular weight is 301 g/mol. The molecule has 0 saturated carbocycles. The standard InChI is InChI=1S/C17H20FN3O/c1-17(2,3)16(22)21-9-8-14-13(10-21)15(20-19-14)11-4-6-12(18)7-5-11/h4-7H,8-10H2,1-3H3,(H,19,20). The summed E-state index contributed by atoms with van der Waals surface area (Å²) >= 11 is 0. The summed E-state index contributed by atoms with van der Waals surface area (Å²) in [6.07, 6.45) is 0.769. The summed E-state index contributed by atoms with van der Waals surface area (Å²) in [5.41, 5.74) is 3.38. The number of rotatable bonds is 1. The zero-order valence-electron chi connectivity index (χ0n) is 13.1. The molecule has 0 saturated heterocycles. The molecule has 116 valence electrons. The third-order valence-corrected chi connectivity index (χ3v) is 3.98. The van der Waals surface area contributed by atoms with Gasteiger partial charge < -0.3 is 4.90 Å². The van der Waals surface area contributed by atoms with Crippen molar-refractivity contribution in [3.8, 4) is 11.3 Å². The Hall–Kier alpha value is -2.17. The van der Waals surface area contributed by atoms with Crippen LogP contribution in [0.1, 0.15) is 32.0 Å².